The molecule has 2 unspecified atom stereocenters. The van der Waals surface area contributed by atoms with Gasteiger partial charge in [0.05, 0.1) is 11.8 Å². The van der Waals surface area contributed by atoms with Crippen molar-refractivity contribution < 1.29 is 14.4 Å². The Morgan fingerprint density at radius 2 is 1.50 bits per heavy atom. The summed E-state index contributed by atoms with van der Waals surface area (Å²) in [6.07, 6.45) is 5.31. The van der Waals surface area contributed by atoms with Crippen molar-refractivity contribution in [2.75, 3.05) is 11.9 Å². The van der Waals surface area contributed by atoms with Crippen LogP contribution < -0.4 is 5.32 Å². The van der Waals surface area contributed by atoms with Gasteiger partial charge in [-0.2, -0.15) is 0 Å². The Morgan fingerprint density at radius 1 is 1.00 bits per heavy atom. The van der Waals surface area contributed by atoms with Gasteiger partial charge in [0.25, 0.3) is 0 Å². The second-order valence-electron chi connectivity index (χ2n) is 8.40. The van der Waals surface area contributed by atoms with Gasteiger partial charge in [-0.25, -0.2) is 0 Å². The fourth-order valence-corrected chi connectivity index (χ4v) is 4.20. The van der Waals surface area contributed by atoms with Gasteiger partial charge in [-0.15, -0.1) is 0 Å². The van der Waals surface area contributed by atoms with Gasteiger partial charge in [0.1, 0.15) is 0 Å². The highest BCUT2D eigenvalue weighted by molar-refractivity contribution is 6.06. The van der Waals surface area contributed by atoms with Crippen LogP contribution in [0.1, 0.15) is 69.9 Å². The summed E-state index contributed by atoms with van der Waals surface area (Å²) in [5.41, 5.74) is 3.07. The minimum Gasteiger partial charge on any atom is -0.326 e. The predicted molar refractivity (Wildman–Crippen MR) is 110 cm³/mol. The lowest BCUT2D eigenvalue weighted by Gasteiger charge is -2.21. The second-order valence-corrected chi connectivity index (χ2v) is 8.40. The van der Waals surface area contributed by atoms with Gasteiger partial charge in [-0.05, 0) is 35.8 Å². The minimum absolute atomic E-state index is 0.119. The molecule has 1 saturated heterocycles. The topological polar surface area (TPSA) is 66.5 Å². The first-order chi connectivity index (χ1) is 13.3. The van der Waals surface area contributed by atoms with Gasteiger partial charge >= 0.3 is 0 Å². The normalized spacial score (nSPS) is 21.6. The molecular formula is C23H30N2O3. The smallest absolute Gasteiger partial charge is 0.233 e. The first-order valence-corrected chi connectivity index (χ1v) is 10.2. The summed E-state index contributed by atoms with van der Waals surface area (Å²) in [5.74, 6) is -0.332. The number of allylic oxidation sites excluding steroid dienone is 2. The lowest BCUT2D eigenvalue weighted by atomic mass is 9.85. The first-order valence-electron chi connectivity index (χ1n) is 10.2. The number of likely N-dealkylation sites (tertiary alicyclic amines) is 1. The minimum atomic E-state index is -0.241. The van der Waals surface area contributed by atoms with Gasteiger partial charge < -0.3 is 5.32 Å². The molecule has 3 amide bonds. The Kier molecular flexibility index (Phi) is 6.01. The molecule has 1 aromatic carbocycles. The van der Waals surface area contributed by atoms with E-state index in [4.69, 9.17) is 0 Å². The monoisotopic (exact) mass is 382 g/mol. The molecule has 1 fully saturated rings. The van der Waals surface area contributed by atoms with Gasteiger partial charge in [0, 0.05) is 18.7 Å². The largest absolute Gasteiger partial charge is 0.326 e. The maximum Gasteiger partial charge on any atom is 0.233 e. The van der Waals surface area contributed by atoms with Crippen LogP contribution in [0, 0.1) is 11.8 Å². The number of imide groups is 1. The van der Waals surface area contributed by atoms with E-state index in [2.05, 4.69) is 33.0 Å². The van der Waals surface area contributed by atoms with Crippen molar-refractivity contribution in [3.63, 3.8) is 0 Å². The number of carbonyl (C=O) groups is 3. The fraction of sp³-hybridized carbons (Fsp3) is 0.522. The summed E-state index contributed by atoms with van der Waals surface area (Å²) in [4.78, 5) is 39.1. The van der Waals surface area contributed by atoms with Crippen LogP contribution in [0.15, 0.2) is 30.4 Å². The predicted octanol–water partition coefficient (Wildman–Crippen LogP) is 4.21. The van der Waals surface area contributed by atoms with E-state index in [1.54, 1.807) is 0 Å². The Balaban J connectivity index is 1.69. The maximum absolute atomic E-state index is 12.7. The number of hydrogen-bond donors (Lipinski definition) is 1. The van der Waals surface area contributed by atoms with E-state index < -0.39 is 0 Å². The summed E-state index contributed by atoms with van der Waals surface area (Å²) in [6.45, 7) is 8.56. The Morgan fingerprint density at radius 3 is 1.96 bits per heavy atom. The van der Waals surface area contributed by atoms with Gasteiger partial charge in [0.2, 0.25) is 17.7 Å². The molecule has 2 aliphatic rings. The fourth-order valence-electron chi connectivity index (χ4n) is 4.20. The van der Waals surface area contributed by atoms with Crippen LogP contribution in [-0.2, 0) is 14.4 Å². The van der Waals surface area contributed by atoms with Crippen molar-refractivity contribution >= 4 is 23.4 Å². The van der Waals surface area contributed by atoms with Crippen molar-refractivity contribution in [2.24, 2.45) is 11.8 Å². The molecular weight excluding hydrogens is 352 g/mol. The average molecular weight is 383 g/mol. The molecule has 2 atom stereocenters. The highest BCUT2D eigenvalue weighted by Gasteiger charge is 2.46. The van der Waals surface area contributed by atoms with Crippen molar-refractivity contribution in [1.29, 1.82) is 0 Å². The molecule has 1 N–H and O–H groups in total. The Hall–Kier alpha value is -2.43. The zero-order valence-corrected chi connectivity index (χ0v) is 17.2. The average Bonchev–Trinajstić information content (AvgIpc) is 2.90. The van der Waals surface area contributed by atoms with E-state index in [0.29, 0.717) is 12.8 Å². The number of carbonyl (C=O) groups excluding carboxylic acids is 3. The van der Waals surface area contributed by atoms with Gasteiger partial charge in [-0.3, -0.25) is 19.3 Å². The van der Waals surface area contributed by atoms with Crippen LogP contribution in [0.2, 0.25) is 0 Å². The lowest BCUT2D eigenvalue weighted by molar-refractivity contribution is -0.140. The molecule has 0 spiro atoms. The summed E-state index contributed by atoms with van der Waals surface area (Å²) in [6, 6.07) is 6.10. The number of para-hydroxylation sites is 1. The van der Waals surface area contributed by atoms with Crippen LogP contribution in [0.25, 0.3) is 0 Å². The first kappa shape index (κ1) is 20.3. The van der Waals surface area contributed by atoms with Gasteiger partial charge in [0.15, 0.2) is 0 Å². The van der Waals surface area contributed by atoms with E-state index >= 15 is 0 Å². The van der Waals surface area contributed by atoms with E-state index in [0.717, 1.165) is 16.8 Å². The van der Waals surface area contributed by atoms with E-state index in [1.165, 1.54) is 4.90 Å². The number of rotatable bonds is 6. The van der Waals surface area contributed by atoms with Crippen LogP contribution >= 0.6 is 0 Å². The number of anilines is 1. The number of fused-ring (bicyclic) bond motifs is 1. The standard InChI is InChI=1S/C23H30N2O3/c1-14(2)16-10-7-11-17(15(3)4)21(16)24-20(26)12-13-25-22(27)18-8-5-6-9-19(18)23(25)28/h5-7,10-11,14-15,18-19H,8-9,12-13H2,1-4H3,(H,24,26). The number of benzene rings is 1. The third kappa shape index (κ3) is 3.89. The highest BCUT2D eigenvalue weighted by atomic mass is 16.2. The highest BCUT2D eigenvalue weighted by Crippen LogP contribution is 2.35. The molecule has 1 aliphatic carbocycles. The molecule has 0 bridgehead atoms. The number of nitrogens with zero attached hydrogens (tertiary/aromatic N) is 1. The molecule has 5 heteroatoms. The third-order valence-corrected chi connectivity index (χ3v) is 5.80. The quantitative estimate of drug-likeness (QED) is 0.592. The summed E-state index contributed by atoms with van der Waals surface area (Å²) in [5, 5.41) is 3.06. The van der Waals surface area contributed by atoms with Crippen LogP contribution in [0.5, 0.6) is 0 Å². The van der Waals surface area contributed by atoms with Crippen molar-refractivity contribution in [2.45, 2.75) is 58.8 Å². The zero-order chi connectivity index (χ0) is 20.4. The van der Waals surface area contributed by atoms with Crippen molar-refractivity contribution in [3.8, 4) is 0 Å². The van der Waals surface area contributed by atoms with E-state index in [-0.39, 0.29) is 54.4 Å². The SMILES string of the molecule is CC(C)c1cccc(C(C)C)c1NC(=O)CCN1C(=O)C2CC=CCC2C1=O. The van der Waals surface area contributed by atoms with E-state index in [9.17, 15) is 14.4 Å². The maximum atomic E-state index is 12.7. The Labute approximate surface area is 167 Å². The lowest BCUT2D eigenvalue weighted by Crippen LogP contribution is -2.34. The van der Waals surface area contributed by atoms with Crippen LogP contribution in [0.4, 0.5) is 5.69 Å². The molecule has 1 aliphatic heterocycles. The van der Waals surface area contributed by atoms with E-state index in [1.807, 2.05) is 30.4 Å². The summed E-state index contributed by atoms with van der Waals surface area (Å²) < 4.78 is 0. The number of amides is 3. The van der Waals surface area contributed by atoms with Crippen molar-refractivity contribution in [3.05, 3.63) is 41.5 Å². The molecule has 0 saturated carbocycles. The van der Waals surface area contributed by atoms with Crippen LogP contribution in [0.3, 0.4) is 0 Å². The Bertz CT molecular complexity index is 758. The molecule has 5 nitrogen and oxygen atoms in total. The summed E-state index contributed by atoms with van der Waals surface area (Å²) >= 11 is 0. The number of hydrogen-bond acceptors (Lipinski definition) is 3. The molecule has 3 rings (SSSR count). The second kappa shape index (κ2) is 8.29. The molecule has 1 heterocycles. The zero-order valence-electron chi connectivity index (χ0n) is 17.2. The third-order valence-electron chi connectivity index (χ3n) is 5.80. The molecule has 0 radical (unpaired) electrons. The molecule has 0 aromatic heterocycles. The molecule has 1 aromatic rings. The molecule has 28 heavy (non-hydrogen) atoms. The molecule has 150 valence electrons. The number of nitrogens with one attached hydrogen (secondary N) is 1. The van der Waals surface area contributed by atoms with Crippen LogP contribution in [-0.4, -0.2) is 29.2 Å². The summed E-state index contributed by atoms with van der Waals surface area (Å²) in [7, 11) is 0. The van der Waals surface area contributed by atoms with Gasteiger partial charge in [-0.1, -0.05) is 58.0 Å². The van der Waals surface area contributed by atoms with Crippen molar-refractivity contribution in [1.82, 2.24) is 4.90 Å².